The van der Waals surface area contributed by atoms with E-state index < -0.39 is 0 Å². The number of rotatable bonds is 5. The Morgan fingerprint density at radius 1 is 1.32 bits per heavy atom. The van der Waals surface area contributed by atoms with Gasteiger partial charge in [-0.1, -0.05) is 26.0 Å². The van der Waals surface area contributed by atoms with Crippen molar-refractivity contribution in [2.75, 3.05) is 5.73 Å². The molecule has 2 rings (SSSR count). The van der Waals surface area contributed by atoms with Crippen LogP contribution in [0.5, 0.6) is 0 Å². The van der Waals surface area contributed by atoms with Crippen molar-refractivity contribution in [3.8, 4) is 11.4 Å². The van der Waals surface area contributed by atoms with Crippen molar-refractivity contribution in [3.05, 3.63) is 23.8 Å². The van der Waals surface area contributed by atoms with Crippen LogP contribution in [0.4, 0.5) is 5.69 Å². The highest BCUT2D eigenvalue weighted by Crippen LogP contribution is 2.24. The first kappa shape index (κ1) is 13.5. The quantitative estimate of drug-likeness (QED) is 0.838. The largest absolute Gasteiger partial charge is 0.398 e. The molecule has 1 heterocycles. The van der Waals surface area contributed by atoms with E-state index >= 15 is 0 Å². The molecule has 0 saturated carbocycles. The monoisotopic (exact) mass is 259 g/mol. The molecule has 0 atom stereocenters. The third-order valence-corrected chi connectivity index (χ3v) is 3.30. The highest BCUT2D eigenvalue weighted by atomic mass is 15.5. The van der Waals surface area contributed by atoms with Gasteiger partial charge in [-0.3, -0.25) is 0 Å². The fourth-order valence-corrected chi connectivity index (χ4v) is 2.09. The number of aromatic nitrogens is 4. The predicted molar refractivity (Wildman–Crippen MR) is 76.5 cm³/mol. The molecule has 1 aromatic carbocycles. The van der Waals surface area contributed by atoms with Crippen LogP contribution in [0.25, 0.3) is 11.4 Å². The van der Waals surface area contributed by atoms with Gasteiger partial charge < -0.3 is 5.73 Å². The normalized spacial score (nSPS) is 11.2. The molecule has 5 nitrogen and oxygen atoms in total. The molecule has 0 spiro atoms. The molecule has 0 aliphatic carbocycles. The van der Waals surface area contributed by atoms with Gasteiger partial charge in [0.05, 0.1) is 0 Å². The van der Waals surface area contributed by atoms with Gasteiger partial charge >= 0.3 is 0 Å². The highest BCUT2D eigenvalue weighted by Gasteiger charge is 2.12. The zero-order valence-corrected chi connectivity index (χ0v) is 11.8. The summed E-state index contributed by atoms with van der Waals surface area (Å²) >= 11 is 0. The number of nitrogen functional groups attached to an aromatic ring is 1. The van der Waals surface area contributed by atoms with Crippen molar-refractivity contribution in [2.45, 2.75) is 40.2 Å². The maximum atomic E-state index is 5.94. The average Bonchev–Trinajstić information content (AvgIpc) is 2.80. The summed E-state index contributed by atoms with van der Waals surface area (Å²) in [5.41, 5.74) is 8.75. The predicted octanol–water partition coefficient (Wildman–Crippen LogP) is 2.67. The molecule has 0 aliphatic heterocycles. The molecule has 2 aromatic rings. The lowest BCUT2D eigenvalue weighted by Crippen LogP contribution is -2.05. The van der Waals surface area contributed by atoms with Crippen LogP contribution in [0.1, 0.15) is 32.3 Å². The Kier molecular flexibility index (Phi) is 4.14. The summed E-state index contributed by atoms with van der Waals surface area (Å²) in [5.74, 6) is 1.50. The summed E-state index contributed by atoms with van der Waals surface area (Å²) in [7, 11) is 0. The molecule has 1 aromatic heterocycles. The second kappa shape index (κ2) is 5.82. The van der Waals surface area contributed by atoms with Gasteiger partial charge in [0.1, 0.15) is 0 Å². The summed E-state index contributed by atoms with van der Waals surface area (Å²) in [5, 5.41) is 12.0. The number of tetrazole rings is 1. The van der Waals surface area contributed by atoms with Crippen molar-refractivity contribution < 1.29 is 0 Å². The number of nitrogens with zero attached hydrogens (tertiary/aromatic N) is 4. The Morgan fingerprint density at radius 3 is 2.84 bits per heavy atom. The van der Waals surface area contributed by atoms with Crippen molar-refractivity contribution in [1.82, 2.24) is 20.2 Å². The SMILES string of the molecule is Cc1c(N)cccc1-c1nnnn1CCCC(C)C. The van der Waals surface area contributed by atoms with Gasteiger partial charge in [0.25, 0.3) is 0 Å². The first-order valence-corrected chi connectivity index (χ1v) is 6.71. The van der Waals surface area contributed by atoms with Gasteiger partial charge in [0, 0.05) is 17.8 Å². The summed E-state index contributed by atoms with van der Waals surface area (Å²) in [6, 6.07) is 5.84. The molecule has 2 N–H and O–H groups in total. The standard InChI is InChI=1S/C14H21N5/c1-10(2)6-5-9-19-14(16-17-18-19)12-7-4-8-13(15)11(12)3/h4,7-8,10H,5-6,9,15H2,1-3H3. The van der Waals surface area contributed by atoms with Crippen LogP contribution in [0, 0.1) is 12.8 Å². The maximum absolute atomic E-state index is 5.94. The Bertz CT molecular complexity index is 545. The van der Waals surface area contributed by atoms with Crippen LogP contribution in [0.15, 0.2) is 18.2 Å². The minimum Gasteiger partial charge on any atom is -0.398 e. The molecule has 5 heteroatoms. The molecule has 0 saturated heterocycles. The highest BCUT2D eigenvalue weighted by molar-refractivity contribution is 5.67. The van der Waals surface area contributed by atoms with E-state index in [4.69, 9.17) is 5.73 Å². The maximum Gasteiger partial charge on any atom is 0.182 e. The van der Waals surface area contributed by atoms with E-state index in [2.05, 4.69) is 29.4 Å². The van der Waals surface area contributed by atoms with E-state index in [1.165, 1.54) is 6.42 Å². The fourth-order valence-electron chi connectivity index (χ4n) is 2.09. The van der Waals surface area contributed by atoms with Gasteiger partial charge in [-0.05, 0) is 47.7 Å². The van der Waals surface area contributed by atoms with Crippen LogP contribution in [0.3, 0.4) is 0 Å². The number of aryl methyl sites for hydroxylation is 1. The lowest BCUT2D eigenvalue weighted by Gasteiger charge is -2.09. The second-order valence-corrected chi connectivity index (χ2v) is 5.28. The van der Waals surface area contributed by atoms with Crippen molar-refractivity contribution >= 4 is 5.69 Å². The summed E-state index contributed by atoms with van der Waals surface area (Å²) in [4.78, 5) is 0. The van der Waals surface area contributed by atoms with Crippen LogP contribution in [-0.2, 0) is 6.54 Å². The summed E-state index contributed by atoms with van der Waals surface area (Å²) in [6.45, 7) is 7.29. The second-order valence-electron chi connectivity index (χ2n) is 5.28. The van der Waals surface area contributed by atoms with E-state index in [0.717, 1.165) is 35.6 Å². The molecule has 102 valence electrons. The van der Waals surface area contributed by atoms with Gasteiger partial charge in [0.2, 0.25) is 0 Å². The summed E-state index contributed by atoms with van der Waals surface area (Å²) in [6.07, 6.45) is 2.26. The number of hydrogen-bond donors (Lipinski definition) is 1. The van der Waals surface area contributed by atoms with E-state index in [1.54, 1.807) is 0 Å². The number of nitrogens with two attached hydrogens (primary N) is 1. The minimum atomic E-state index is 0.703. The lowest BCUT2D eigenvalue weighted by atomic mass is 10.1. The number of anilines is 1. The Hall–Kier alpha value is -1.91. The van der Waals surface area contributed by atoms with E-state index in [0.29, 0.717) is 5.92 Å². The van der Waals surface area contributed by atoms with E-state index in [9.17, 15) is 0 Å². The zero-order valence-electron chi connectivity index (χ0n) is 11.8. The van der Waals surface area contributed by atoms with Crippen LogP contribution in [0.2, 0.25) is 0 Å². The van der Waals surface area contributed by atoms with Gasteiger partial charge in [-0.25, -0.2) is 4.68 Å². The van der Waals surface area contributed by atoms with Crippen LogP contribution in [-0.4, -0.2) is 20.2 Å². The molecule has 19 heavy (non-hydrogen) atoms. The smallest absolute Gasteiger partial charge is 0.182 e. The summed E-state index contributed by atoms with van der Waals surface area (Å²) < 4.78 is 1.87. The molecule has 0 radical (unpaired) electrons. The Labute approximate surface area is 113 Å². The topological polar surface area (TPSA) is 69.6 Å². The number of hydrogen-bond acceptors (Lipinski definition) is 4. The third-order valence-electron chi connectivity index (χ3n) is 3.30. The molecule has 0 aliphatic rings. The van der Waals surface area contributed by atoms with Gasteiger partial charge in [-0.2, -0.15) is 0 Å². The van der Waals surface area contributed by atoms with Crippen molar-refractivity contribution in [3.63, 3.8) is 0 Å². The minimum absolute atomic E-state index is 0.703. The lowest BCUT2D eigenvalue weighted by molar-refractivity contribution is 0.485. The molecule has 0 amide bonds. The molecular weight excluding hydrogens is 238 g/mol. The van der Waals surface area contributed by atoms with Crippen molar-refractivity contribution in [1.29, 1.82) is 0 Å². The van der Waals surface area contributed by atoms with Gasteiger partial charge in [-0.15, -0.1) is 5.10 Å². The number of benzene rings is 1. The average molecular weight is 259 g/mol. The first-order chi connectivity index (χ1) is 9.09. The third kappa shape index (κ3) is 3.10. The van der Waals surface area contributed by atoms with E-state index in [-0.39, 0.29) is 0 Å². The Morgan fingerprint density at radius 2 is 2.11 bits per heavy atom. The molecule has 0 unspecified atom stereocenters. The van der Waals surface area contributed by atoms with Crippen molar-refractivity contribution in [2.24, 2.45) is 5.92 Å². The van der Waals surface area contributed by atoms with E-state index in [1.807, 2.05) is 29.8 Å². The van der Waals surface area contributed by atoms with Gasteiger partial charge in [0.15, 0.2) is 5.82 Å². The molecule has 0 fully saturated rings. The Balaban J connectivity index is 2.21. The van der Waals surface area contributed by atoms with Crippen LogP contribution < -0.4 is 5.73 Å². The zero-order chi connectivity index (χ0) is 13.8. The molecule has 0 bridgehead atoms. The molecular formula is C14H21N5. The fraction of sp³-hybridized carbons (Fsp3) is 0.500. The van der Waals surface area contributed by atoms with Crippen LogP contribution >= 0.6 is 0 Å². The first-order valence-electron chi connectivity index (χ1n) is 6.71.